The fraction of sp³-hybridized carbons (Fsp3) is 0.389. The summed E-state index contributed by atoms with van der Waals surface area (Å²) >= 11 is 0. The average Bonchev–Trinajstić information content (AvgIpc) is 2.54. The summed E-state index contributed by atoms with van der Waals surface area (Å²) < 4.78 is 0. The molecule has 0 spiro atoms. The van der Waals surface area contributed by atoms with Gasteiger partial charge in [-0.2, -0.15) is 0 Å². The lowest BCUT2D eigenvalue weighted by Gasteiger charge is -2.20. The molecule has 0 radical (unpaired) electrons. The van der Waals surface area contributed by atoms with E-state index >= 15 is 0 Å². The van der Waals surface area contributed by atoms with Crippen LogP contribution in [0.2, 0.25) is 0 Å². The molecular formula is C18H22N4O. The third kappa shape index (κ3) is 2.91. The van der Waals surface area contributed by atoms with Crippen LogP contribution in [0.5, 0.6) is 0 Å². The summed E-state index contributed by atoms with van der Waals surface area (Å²) in [6.45, 7) is 5.79. The number of amides is 1. The highest BCUT2D eigenvalue weighted by molar-refractivity contribution is 5.92. The monoisotopic (exact) mass is 310 g/mol. The van der Waals surface area contributed by atoms with Crippen molar-refractivity contribution in [3.05, 3.63) is 35.2 Å². The molecule has 3 rings (SSSR count). The van der Waals surface area contributed by atoms with E-state index < -0.39 is 0 Å². The Morgan fingerprint density at radius 3 is 2.87 bits per heavy atom. The van der Waals surface area contributed by atoms with Crippen molar-refractivity contribution in [2.24, 2.45) is 5.92 Å². The summed E-state index contributed by atoms with van der Waals surface area (Å²) in [5.41, 5.74) is 11.5. The molecular weight excluding hydrogens is 288 g/mol. The predicted molar refractivity (Wildman–Crippen MR) is 92.1 cm³/mol. The van der Waals surface area contributed by atoms with Crippen molar-refractivity contribution in [3.63, 3.8) is 0 Å². The van der Waals surface area contributed by atoms with E-state index in [1.54, 1.807) is 0 Å². The maximum Gasteiger partial charge on any atom is 0.228 e. The van der Waals surface area contributed by atoms with Gasteiger partial charge in [0.25, 0.3) is 0 Å². The first kappa shape index (κ1) is 15.5. The van der Waals surface area contributed by atoms with Gasteiger partial charge in [-0.15, -0.1) is 0 Å². The third-order valence-electron chi connectivity index (χ3n) is 4.46. The molecule has 1 heterocycles. The molecule has 0 fully saturated rings. The van der Waals surface area contributed by atoms with E-state index in [2.05, 4.69) is 10.3 Å². The van der Waals surface area contributed by atoms with E-state index in [1.807, 2.05) is 39.0 Å². The van der Waals surface area contributed by atoms with Crippen LogP contribution in [0.1, 0.15) is 37.2 Å². The zero-order chi connectivity index (χ0) is 16.6. The molecule has 1 aliphatic rings. The Morgan fingerprint density at radius 2 is 2.13 bits per heavy atom. The number of hydrogen-bond acceptors (Lipinski definition) is 4. The number of rotatable bonds is 3. The summed E-state index contributed by atoms with van der Waals surface area (Å²) in [5, 5.41) is 2.91. The molecule has 1 amide bonds. The van der Waals surface area contributed by atoms with Crippen LogP contribution < -0.4 is 11.1 Å². The Bertz CT molecular complexity index is 770. The van der Waals surface area contributed by atoms with Crippen molar-refractivity contribution in [2.45, 2.75) is 40.0 Å². The van der Waals surface area contributed by atoms with Gasteiger partial charge in [0, 0.05) is 17.2 Å². The van der Waals surface area contributed by atoms with Gasteiger partial charge in [-0.1, -0.05) is 19.9 Å². The van der Waals surface area contributed by atoms with Crippen molar-refractivity contribution in [2.75, 3.05) is 11.1 Å². The number of nitrogens with one attached hydrogen (secondary N) is 1. The third-order valence-corrected chi connectivity index (χ3v) is 4.46. The van der Waals surface area contributed by atoms with Crippen LogP contribution >= 0.6 is 0 Å². The van der Waals surface area contributed by atoms with Gasteiger partial charge in [0.2, 0.25) is 5.91 Å². The van der Waals surface area contributed by atoms with Crippen LogP contribution in [-0.4, -0.2) is 15.9 Å². The number of aryl methyl sites for hydroxylation is 3. The standard InChI is InChI=1S/C18H22N4O/c1-4-10(2)18(23)22-17-11(3)20-16-14-7-6-13(19)9-12(14)5-8-15(16)21-17/h6-7,9-10H,4-5,8,19H2,1-3H3,(H,21,22,23). The van der Waals surface area contributed by atoms with Gasteiger partial charge in [0.05, 0.1) is 17.1 Å². The molecule has 1 aromatic carbocycles. The first-order chi connectivity index (χ1) is 11.0. The van der Waals surface area contributed by atoms with E-state index in [0.717, 1.165) is 47.6 Å². The van der Waals surface area contributed by atoms with Gasteiger partial charge in [-0.25, -0.2) is 9.97 Å². The molecule has 120 valence electrons. The molecule has 1 aromatic heterocycles. The van der Waals surface area contributed by atoms with Crippen molar-refractivity contribution in [1.82, 2.24) is 9.97 Å². The topological polar surface area (TPSA) is 80.9 Å². The average molecular weight is 310 g/mol. The maximum absolute atomic E-state index is 12.1. The lowest BCUT2D eigenvalue weighted by molar-refractivity contribution is -0.119. The van der Waals surface area contributed by atoms with Crippen molar-refractivity contribution in [1.29, 1.82) is 0 Å². The predicted octanol–water partition coefficient (Wildman–Crippen LogP) is 3.12. The first-order valence-electron chi connectivity index (χ1n) is 8.06. The van der Waals surface area contributed by atoms with Crippen LogP contribution in [0.4, 0.5) is 11.5 Å². The number of fused-ring (bicyclic) bond motifs is 3. The van der Waals surface area contributed by atoms with E-state index in [0.29, 0.717) is 5.82 Å². The minimum atomic E-state index is -0.0315. The minimum Gasteiger partial charge on any atom is -0.399 e. The molecule has 1 unspecified atom stereocenters. The number of anilines is 2. The van der Waals surface area contributed by atoms with Gasteiger partial charge >= 0.3 is 0 Å². The number of carbonyl (C=O) groups excluding carboxylic acids is 1. The molecule has 5 nitrogen and oxygen atoms in total. The van der Waals surface area contributed by atoms with Gasteiger partial charge in [0.1, 0.15) is 0 Å². The van der Waals surface area contributed by atoms with Crippen molar-refractivity contribution in [3.8, 4) is 11.3 Å². The fourth-order valence-corrected chi connectivity index (χ4v) is 2.79. The minimum absolute atomic E-state index is 0.00571. The molecule has 0 aliphatic heterocycles. The van der Waals surface area contributed by atoms with Crippen LogP contribution in [0, 0.1) is 12.8 Å². The van der Waals surface area contributed by atoms with Crippen LogP contribution in [0.3, 0.4) is 0 Å². The van der Waals surface area contributed by atoms with Gasteiger partial charge in [-0.05, 0) is 43.9 Å². The highest BCUT2D eigenvalue weighted by Crippen LogP contribution is 2.33. The number of nitrogen functional groups attached to an aromatic ring is 1. The second-order valence-corrected chi connectivity index (χ2v) is 6.17. The summed E-state index contributed by atoms with van der Waals surface area (Å²) in [6.07, 6.45) is 2.51. The Labute approximate surface area is 136 Å². The molecule has 0 saturated carbocycles. The zero-order valence-corrected chi connectivity index (χ0v) is 13.8. The lowest BCUT2D eigenvalue weighted by Crippen LogP contribution is -2.22. The van der Waals surface area contributed by atoms with Crippen molar-refractivity contribution < 1.29 is 4.79 Å². The van der Waals surface area contributed by atoms with Crippen LogP contribution in [0.15, 0.2) is 18.2 Å². The zero-order valence-electron chi connectivity index (χ0n) is 13.8. The number of aromatic nitrogens is 2. The fourth-order valence-electron chi connectivity index (χ4n) is 2.79. The summed E-state index contributed by atoms with van der Waals surface area (Å²) in [5.74, 6) is 0.540. The van der Waals surface area contributed by atoms with Crippen LogP contribution in [0.25, 0.3) is 11.3 Å². The Kier molecular flexibility index (Phi) is 4.03. The number of carbonyl (C=O) groups is 1. The highest BCUT2D eigenvalue weighted by Gasteiger charge is 2.22. The Hall–Kier alpha value is -2.43. The summed E-state index contributed by atoms with van der Waals surface area (Å²) in [4.78, 5) is 21.5. The number of benzene rings is 1. The number of nitrogens with two attached hydrogens (primary N) is 1. The normalized spacial score (nSPS) is 13.9. The van der Waals surface area contributed by atoms with Crippen LogP contribution in [-0.2, 0) is 17.6 Å². The van der Waals surface area contributed by atoms with E-state index in [1.165, 1.54) is 5.56 Å². The first-order valence-corrected chi connectivity index (χ1v) is 8.06. The Balaban J connectivity index is 1.97. The molecule has 0 bridgehead atoms. The highest BCUT2D eigenvalue weighted by atomic mass is 16.1. The van der Waals surface area contributed by atoms with Gasteiger partial charge < -0.3 is 11.1 Å². The quantitative estimate of drug-likeness (QED) is 0.854. The smallest absolute Gasteiger partial charge is 0.228 e. The van der Waals surface area contributed by atoms with E-state index in [-0.39, 0.29) is 11.8 Å². The maximum atomic E-state index is 12.1. The second-order valence-electron chi connectivity index (χ2n) is 6.17. The second kappa shape index (κ2) is 5.99. The molecule has 2 aromatic rings. The molecule has 3 N–H and O–H groups in total. The lowest BCUT2D eigenvalue weighted by atomic mass is 9.91. The van der Waals surface area contributed by atoms with E-state index in [9.17, 15) is 4.79 Å². The Morgan fingerprint density at radius 1 is 1.35 bits per heavy atom. The summed E-state index contributed by atoms with van der Waals surface area (Å²) in [7, 11) is 0. The molecule has 5 heteroatoms. The van der Waals surface area contributed by atoms with Gasteiger partial charge in [0.15, 0.2) is 5.82 Å². The van der Waals surface area contributed by atoms with E-state index in [4.69, 9.17) is 10.7 Å². The molecule has 1 atom stereocenters. The molecule has 23 heavy (non-hydrogen) atoms. The molecule has 1 aliphatic carbocycles. The summed E-state index contributed by atoms with van der Waals surface area (Å²) in [6, 6.07) is 5.91. The number of hydrogen-bond donors (Lipinski definition) is 2. The largest absolute Gasteiger partial charge is 0.399 e. The number of nitrogens with zero attached hydrogens (tertiary/aromatic N) is 2. The van der Waals surface area contributed by atoms with Crippen molar-refractivity contribution >= 4 is 17.4 Å². The SMILES string of the molecule is CCC(C)C(=O)Nc1nc2c(nc1C)-c1ccc(N)cc1CC2. The van der Waals surface area contributed by atoms with Gasteiger partial charge in [-0.3, -0.25) is 4.79 Å². The molecule has 0 saturated heterocycles.